The van der Waals surface area contributed by atoms with E-state index in [1.165, 1.54) is 0 Å². The predicted molar refractivity (Wildman–Crippen MR) is 89.9 cm³/mol. The molecule has 1 amide bonds. The molecular formula is C16H19BrN4O2. The molecule has 0 unspecified atom stereocenters. The van der Waals surface area contributed by atoms with Crippen LogP contribution in [-0.4, -0.2) is 52.1 Å². The summed E-state index contributed by atoms with van der Waals surface area (Å²) in [6, 6.07) is 7.80. The molecule has 7 heteroatoms. The summed E-state index contributed by atoms with van der Waals surface area (Å²) in [5.41, 5.74) is 2.17. The number of morpholine rings is 1. The summed E-state index contributed by atoms with van der Waals surface area (Å²) in [5, 5.41) is 8.41. The minimum absolute atomic E-state index is 0.0691. The fourth-order valence-electron chi connectivity index (χ4n) is 2.65. The summed E-state index contributed by atoms with van der Waals surface area (Å²) in [5.74, 6) is 0.0639. The van der Waals surface area contributed by atoms with E-state index in [1.807, 2.05) is 38.1 Å². The Labute approximate surface area is 143 Å². The second-order valence-corrected chi connectivity index (χ2v) is 6.69. The Morgan fingerprint density at radius 2 is 1.87 bits per heavy atom. The van der Waals surface area contributed by atoms with Crippen molar-refractivity contribution in [1.82, 2.24) is 19.9 Å². The van der Waals surface area contributed by atoms with Crippen LogP contribution in [0.15, 0.2) is 28.7 Å². The third-order valence-electron chi connectivity index (χ3n) is 3.82. The molecule has 1 fully saturated rings. The lowest BCUT2D eigenvalue weighted by Crippen LogP contribution is -2.41. The molecule has 1 aromatic heterocycles. The molecule has 1 aliphatic heterocycles. The van der Waals surface area contributed by atoms with E-state index in [-0.39, 0.29) is 11.8 Å². The molecule has 1 aromatic carbocycles. The largest absolute Gasteiger partial charge is 0.378 e. The molecule has 1 saturated heterocycles. The average molecular weight is 379 g/mol. The third kappa shape index (κ3) is 3.30. The van der Waals surface area contributed by atoms with E-state index >= 15 is 0 Å². The average Bonchev–Trinajstić information content (AvgIpc) is 3.01. The number of amides is 1. The maximum atomic E-state index is 12.8. The van der Waals surface area contributed by atoms with E-state index in [2.05, 4.69) is 26.2 Å². The van der Waals surface area contributed by atoms with Crippen molar-refractivity contribution in [3.05, 3.63) is 40.1 Å². The Morgan fingerprint density at radius 3 is 2.48 bits per heavy atom. The fraction of sp³-hybridized carbons (Fsp3) is 0.438. The number of rotatable bonds is 3. The van der Waals surface area contributed by atoms with Crippen LogP contribution in [0.3, 0.4) is 0 Å². The number of aromatic nitrogens is 3. The van der Waals surface area contributed by atoms with Crippen LogP contribution in [0.4, 0.5) is 0 Å². The van der Waals surface area contributed by atoms with Crippen LogP contribution in [0.25, 0.3) is 5.69 Å². The number of benzene rings is 1. The lowest BCUT2D eigenvalue weighted by Gasteiger charge is -2.26. The molecule has 6 nitrogen and oxygen atoms in total. The molecule has 0 saturated carbocycles. The number of carbonyl (C=O) groups is 1. The van der Waals surface area contributed by atoms with Gasteiger partial charge in [-0.2, -0.15) is 0 Å². The van der Waals surface area contributed by atoms with E-state index in [0.717, 1.165) is 15.9 Å². The zero-order valence-electron chi connectivity index (χ0n) is 13.2. The van der Waals surface area contributed by atoms with E-state index in [0.29, 0.717) is 32.0 Å². The van der Waals surface area contributed by atoms with Crippen molar-refractivity contribution in [3.63, 3.8) is 0 Å². The molecule has 0 radical (unpaired) electrons. The molecule has 122 valence electrons. The number of halogens is 1. The highest BCUT2D eigenvalue weighted by Crippen LogP contribution is 2.23. The van der Waals surface area contributed by atoms with Crippen molar-refractivity contribution < 1.29 is 9.53 Å². The van der Waals surface area contributed by atoms with Crippen molar-refractivity contribution in [2.45, 2.75) is 19.8 Å². The number of carbonyl (C=O) groups excluding carboxylic acids is 1. The van der Waals surface area contributed by atoms with Gasteiger partial charge in [-0.3, -0.25) is 4.79 Å². The van der Waals surface area contributed by atoms with Gasteiger partial charge < -0.3 is 9.64 Å². The molecule has 1 aliphatic rings. The van der Waals surface area contributed by atoms with E-state index in [9.17, 15) is 4.79 Å². The number of hydrogen-bond acceptors (Lipinski definition) is 4. The molecule has 0 N–H and O–H groups in total. The highest BCUT2D eigenvalue weighted by Gasteiger charge is 2.27. The Kier molecular flexibility index (Phi) is 4.77. The van der Waals surface area contributed by atoms with Crippen LogP contribution in [0, 0.1) is 0 Å². The van der Waals surface area contributed by atoms with Crippen molar-refractivity contribution in [2.24, 2.45) is 0 Å². The maximum Gasteiger partial charge on any atom is 0.276 e. The molecule has 2 aromatic rings. The minimum Gasteiger partial charge on any atom is -0.378 e. The van der Waals surface area contributed by atoms with E-state index in [1.54, 1.807) is 9.58 Å². The van der Waals surface area contributed by atoms with Crippen molar-refractivity contribution >= 4 is 21.8 Å². The first kappa shape index (κ1) is 16.1. The highest BCUT2D eigenvalue weighted by molar-refractivity contribution is 9.10. The first-order valence-electron chi connectivity index (χ1n) is 7.66. The van der Waals surface area contributed by atoms with Crippen LogP contribution < -0.4 is 0 Å². The van der Waals surface area contributed by atoms with Crippen LogP contribution in [0.1, 0.15) is 35.9 Å². The Hall–Kier alpha value is -1.73. The van der Waals surface area contributed by atoms with Gasteiger partial charge in [0.2, 0.25) is 0 Å². The second kappa shape index (κ2) is 6.80. The smallest absolute Gasteiger partial charge is 0.276 e. The zero-order valence-corrected chi connectivity index (χ0v) is 14.8. The van der Waals surface area contributed by atoms with Gasteiger partial charge in [-0.1, -0.05) is 35.0 Å². The Morgan fingerprint density at radius 1 is 1.22 bits per heavy atom. The molecule has 0 atom stereocenters. The second-order valence-electron chi connectivity index (χ2n) is 5.77. The lowest BCUT2D eigenvalue weighted by molar-refractivity contribution is 0.0298. The molecular weight excluding hydrogens is 360 g/mol. The number of hydrogen-bond donors (Lipinski definition) is 0. The van der Waals surface area contributed by atoms with Crippen LogP contribution >= 0.6 is 15.9 Å². The number of ether oxygens (including phenoxy) is 1. The van der Waals surface area contributed by atoms with Crippen molar-refractivity contribution in [3.8, 4) is 5.69 Å². The molecule has 0 bridgehead atoms. The van der Waals surface area contributed by atoms with Gasteiger partial charge >= 0.3 is 0 Å². The highest BCUT2D eigenvalue weighted by atomic mass is 79.9. The molecule has 2 heterocycles. The molecule has 3 rings (SSSR count). The van der Waals surface area contributed by atoms with Gasteiger partial charge in [-0.15, -0.1) is 5.10 Å². The normalized spacial score (nSPS) is 15.2. The van der Waals surface area contributed by atoms with Gasteiger partial charge in [0.1, 0.15) is 0 Å². The molecule has 23 heavy (non-hydrogen) atoms. The van der Waals surface area contributed by atoms with Crippen LogP contribution in [0.5, 0.6) is 0 Å². The number of nitrogens with zero attached hydrogens (tertiary/aromatic N) is 4. The maximum absolute atomic E-state index is 12.8. The van der Waals surface area contributed by atoms with Gasteiger partial charge in [-0.25, -0.2) is 4.68 Å². The van der Waals surface area contributed by atoms with Gasteiger partial charge in [0, 0.05) is 17.6 Å². The minimum atomic E-state index is -0.0691. The predicted octanol–water partition coefficient (Wildman–Crippen LogP) is 2.63. The molecule has 0 aliphatic carbocycles. The lowest BCUT2D eigenvalue weighted by atomic mass is 10.1. The Balaban J connectivity index is 1.98. The molecule has 0 spiro atoms. The summed E-state index contributed by atoms with van der Waals surface area (Å²) in [7, 11) is 0. The summed E-state index contributed by atoms with van der Waals surface area (Å²) in [6.45, 7) is 6.44. The SMILES string of the molecule is CC(C)c1c(C(=O)N2CCOCC2)nnn1-c1ccc(Br)cc1. The van der Waals surface area contributed by atoms with Gasteiger partial charge in [0.25, 0.3) is 5.91 Å². The monoisotopic (exact) mass is 378 g/mol. The van der Waals surface area contributed by atoms with Gasteiger partial charge in [0.15, 0.2) is 5.69 Å². The Bertz CT molecular complexity index is 691. The van der Waals surface area contributed by atoms with Crippen molar-refractivity contribution in [1.29, 1.82) is 0 Å². The standard InChI is InChI=1S/C16H19BrN4O2/c1-11(2)15-14(16(22)20-7-9-23-10-8-20)18-19-21(15)13-5-3-12(17)4-6-13/h3-6,11H,7-10H2,1-2H3. The summed E-state index contributed by atoms with van der Waals surface area (Å²) >= 11 is 3.43. The van der Waals surface area contributed by atoms with Gasteiger partial charge in [-0.05, 0) is 30.2 Å². The van der Waals surface area contributed by atoms with Crippen molar-refractivity contribution in [2.75, 3.05) is 26.3 Å². The van der Waals surface area contributed by atoms with E-state index in [4.69, 9.17) is 4.74 Å². The first-order chi connectivity index (χ1) is 11.1. The topological polar surface area (TPSA) is 60.3 Å². The zero-order chi connectivity index (χ0) is 16.4. The quantitative estimate of drug-likeness (QED) is 0.823. The van der Waals surface area contributed by atoms with Crippen LogP contribution in [-0.2, 0) is 4.74 Å². The van der Waals surface area contributed by atoms with E-state index < -0.39 is 0 Å². The first-order valence-corrected chi connectivity index (χ1v) is 8.46. The summed E-state index contributed by atoms with van der Waals surface area (Å²) in [6.07, 6.45) is 0. The fourth-order valence-corrected chi connectivity index (χ4v) is 2.91. The van der Waals surface area contributed by atoms with Gasteiger partial charge in [0.05, 0.1) is 24.6 Å². The third-order valence-corrected chi connectivity index (χ3v) is 4.35. The van der Waals surface area contributed by atoms with Crippen LogP contribution in [0.2, 0.25) is 0 Å². The summed E-state index contributed by atoms with van der Waals surface area (Å²) in [4.78, 5) is 14.6. The summed E-state index contributed by atoms with van der Waals surface area (Å²) < 4.78 is 8.06.